The van der Waals surface area contributed by atoms with Crippen molar-refractivity contribution in [1.82, 2.24) is 9.97 Å². The Labute approximate surface area is 143 Å². The molecule has 0 saturated carbocycles. The molecule has 0 amide bonds. The highest BCUT2D eigenvalue weighted by atomic mass is 15.3. The van der Waals surface area contributed by atoms with E-state index in [1.165, 1.54) is 0 Å². The predicted molar refractivity (Wildman–Crippen MR) is 96.5 cm³/mol. The summed E-state index contributed by atoms with van der Waals surface area (Å²) in [5.41, 5.74) is 1.85. The standard InChI is InChI=1S/C18H22N6/c1-22(2)17-8-10-20-18(21-17)23(3)16-9-11-24(13-16)15-6-4-14(12-19)5-7-15/h4-8,10,16H,9,11,13H2,1-3H3. The first-order valence-corrected chi connectivity index (χ1v) is 8.07. The van der Waals surface area contributed by atoms with Gasteiger partial charge < -0.3 is 14.7 Å². The molecular formula is C18H22N6. The Morgan fingerprint density at radius 1 is 1.17 bits per heavy atom. The summed E-state index contributed by atoms with van der Waals surface area (Å²) in [5, 5.41) is 8.91. The van der Waals surface area contributed by atoms with Crippen LogP contribution in [0.15, 0.2) is 36.5 Å². The summed E-state index contributed by atoms with van der Waals surface area (Å²) in [6.07, 6.45) is 2.87. The van der Waals surface area contributed by atoms with Gasteiger partial charge in [-0.05, 0) is 36.8 Å². The van der Waals surface area contributed by atoms with E-state index in [1.54, 1.807) is 0 Å². The number of rotatable bonds is 4. The third-order valence-electron chi connectivity index (χ3n) is 4.47. The Morgan fingerprint density at radius 3 is 2.58 bits per heavy atom. The zero-order valence-electron chi connectivity index (χ0n) is 14.3. The number of hydrogen-bond acceptors (Lipinski definition) is 6. The minimum Gasteiger partial charge on any atom is -0.369 e. The van der Waals surface area contributed by atoms with Crippen molar-refractivity contribution in [2.75, 3.05) is 48.9 Å². The second kappa shape index (κ2) is 6.75. The minimum absolute atomic E-state index is 0.373. The van der Waals surface area contributed by atoms with E-state index in [0.29, 0.717) is 11.6 Å². The Morgan fingerprint density at radius 2 is 1.92 bits per heavy atom. The highest BCUT2D eigenvalue weighted by molar-refractivity contribution is 5.52. The highest BCUT2D eigenvalue weighted by Gasteiger charge is 2.27. The predicted octanol–water partition coefficient (Wildman–Crippen LogP) is 2.13. The third kappa shape index (κ3) is 3.25. The fourth-order valence-electron chi connectivity index (χ4n) is 2.96. The summed E-state index contributed by atoms with van der Waals surface area (Å²) < 4.78 is 0. The van der Waals surface area contributed by atoms with Gasteiger partial charge in [0.2, 0.25) is 5.95 Å². The molecule has 6 nitrogen and oxygen atoms in total. The number of hydrogen-bond donors (Lipinski definition) is 0. The molecule has 0 N–H and O–H groups in total. The molecule has 1 fully saturated rings. The SMILES string of the molecule is CN(C)c1ccnc(N(C)C2CCN(c3ccc(C#N)cc3)C2)n1. The van der Waals surface area contributed by atoms with Gasteiger partial charge in [-0.25, -0.2) is 4.98 Å². The number of nitriles is 1. The molecule has 1 saturated heterocycles. The van der Waals surface area contributed by atoms with Crippen LogP contribution in [0, 0.1) is 11.3 Å². The largest absolute Gasteiger partial charge is 0.369 e. The zero-order valence-corrected chi connectivity index (χ0v) is 14.3. The Kier molecular flexibility index (Phi) is 4.52. The summed E-state index contributed by atoms with van der Waals surface area (Å²) in [5.74, 6) is 1.67. The maximum absolute atomic E-state index is 8.91. The molecule has 1 unspecified atom stereocenters. The van der Waals surface area contributed by atoms with Gasteiger partial charge in [-0.15, -0.1) is 0 Å². The van der Waals surface area contributed by atoms with E-state index in [0.717, 1.165) is 37.0 Å². The lowest BCUT2D eigenvalue weighted by Gasteiger charge is -2.26. The molecule has 1 aliphatic heterocycles. The average Bonchev–Trinajstić information content (AvgIpc) is 3.11. The Hall–Kier alpha value is -2.81. The molecule has 3 rings (SSSR count). The van der Waals surface area contributed by atoms with Crippen LogP contribution in [-0.4, -0.2) is 50.2 Å². The first-order valence-electron chi connectivity index (χ1n) is 8.07. The van der Waals surface area contributed by atoms with Gasteiger partial charge in [0, 0.05) is 46.1 Å². The van der Waals surface area contributed by atoms with E-state index in [1.807, 2.05) is 55.5 Å². The van der Waals surface area contributed by atoms with Gasteiger partial charge >= 0.3 is 0 Å². The van der Waals surface area contributed by atoms with E-state index in [9.17, 15) is 0 Å². The molecular weight excluding hydrogens is 300 g/mol. The molecule has 1 atom stereocenters. The first-order chi connectivity index (χ1) is 11.6. The van der Waals surface area contributed by atoms with Crippen molar-refractivity contribution in [2.45, 2.75) is 12.5 Å². The summed E-state index contributed by atoms with van der Waals surface area (Å²) in [6.45, 7) is 1.92. The van der Waals surface area contributed by atoms with Crippen LogP contribution in [0.2, 0.25) is 0 Å². The zero-order chi connectivity index (χ0) is 17.1. The van der Waals surface area contributed by atoms with Crippen molar-refractivity contribution in [1.29, 1.82) is 5.26 Å². The lowest BCUT2D eigenvalue weighted by molar-refractivity contribution is 0.674. The Bertz CT molecular complexity index is 734. The van der Waals surface area contributed by atoms with Crippen LogP contribution in [-0.2, 0) is 0 Å². The van der Waals surface area contributed by atoms with Crippen LogP contribution >= 0.6 is 0 Å². The van der Waals surface area contributed by atoms with Crippen molar-refractivity contribution in [3.8, 4) is 6.07 Å². The van der Waals surface area contributed by atoms with Gasteiger partial charge in [0.05, 0.1) is 17.7 Å². The van der Waals surface area contributed by atoms with Crippen LogP contribution < -0.4 is 14.7 Å². The summed E-state index contributed by atoms with van der Waals surface area (Å²) in [6, 6.07) is 12.2. The molecule has 2 heterocycles. The van der Waals surface area contributed by atoms with Crippen LogP contribution in [0.25, 0.3) is 0 Å². The number of benzene rings is 1. The van der Waals surface area contributed by atoms with Crippen molar-refractivity contribution in [3.05, 3.63) is 42.1 Å². The lowest BCUT2D eigenvalue weighted by atomic mass is 10.2. The molecule has 1 aromatic carbocycles. The van der Waals surface area contributed by atoms with Crippen molar-refractivity contribution < 1.29 is 0 Å². The smallest absolute Gasteiger partial charge is 0.227 e. The fraction of sp³-hybridized carbons (Fsp3) is 0.389. The normalized spacial score (nSPS) is 16.8. The maximum atomic E-state index is 8.91. The molecule has 24 heavy (non-hydrogen) atoms. The van der Waals surface area contributed by atoms with Gasteiger partial charge in [0.15, 0.2) is 0 Å². The molecule has 124 valence electrons. The topological polar surface area (TPSA) is 59.3 Å². The van der Waals surface area contributed by atoms with Crippen molar-refractivity contribution in [3.63, 3.8) is 0 Å². The molecule has 2 aromatic rings. The van der Waals surface area contributed by atoms with Gasteiger partial charge in [0.1, 0.15) is 5.82 Å². The monoisotopic (exact) mass is 322 g/mol. The average molecular weight is 322 g/mol. The van der Waals surface area contributed by atoms with Gasteiger partial charge in [0.25, 0.3) is 0 Å². The summed E-state index contributed by atoms with van der Waals surface area (Å²) in [7, 11) is 6.02. The first kappa shape index (κ1) is 16.1. The van der Waals surface area contributed by atoms with Crippen LogP contribution in [0.1, 0.15) is 12.0 Å². The van der Waals surface area contributed by atoms with Crippen LogP contribution in [0.3, 0.4) is 0 Å². The summed E-state index contributed by atoms with van der Waals surface area (Å²) >= 11 is 0. The second-order valence-corrected chi connectivity index (χ2v) is 6.27. The van der Waals surface area contributed by atoms with E-state index in [-0.39, 0.29) is 0 Å². The van der Waals surface area contributed by atoms with Crippen LogP contribution in [0.4, 0.5) is 17.5 Å². The molecule has 1 aliphatic rings. The van der Waals surface area contributed by atoms with Gasteiger partial charge in [-0.1, -0.05) is 0 Å². The number of likely N-dealkylation sites (N-methyl/N-ethyl adjacent to an activating group) is 1. The van der Waals surface area contributed by atoms with Crippen molar-refractivity contribution >= 4 is 17.5 Å². The Balaban J connectivity index is 1.70. The molecule has 1 aromatic heterocycles. The molecule has 6 heteroatoms. The minimum atomic E-state index is 0.373. The molecule has 0 spiro atoms. The molecule has 0 radical (unpaired) electrons. The maximum Gasteiger partial charge on any atom is 0.227 e. The van der Waals surface area contributed by atoms with Crippen molar-refractivity contribution in [2.24, 2.45) is 0 Å². The quantitative estimate of drug-likeness (QED) is 0.859. The molecule has 0 aliphatic carbocycles. The number of anilines is 3. The van der Waals surface area contributed by atoms with E-state index in [4.69, 9.17) is 5.26 Å². The summed E-state index contributed by atoms with van der Waals surface area (Å²) in [4.78, 5) is 15.5. The molecule has 0 bridgehead atoms. The number of aromatic nitrogens is 2. The lowest BCUT2D eigenvalue weighted by Crippen LogP contribution is -2.35. The highest BCUT2D eigenvalue weighted by Crippen LogP contribution is 2.25. The fourth-order valence-corrected chi connectivity index (χ4v) is 2.96. The van der Waals surface area contributed by atoms with Gasteiger partial charge in [-0.3, -0.25) is 0 Å². The number of nitrogens with zero attached hydrogens (tertiary/aromatic N) is 6. The van der Waals surface area contributed by atoms with E-state index < -0.39 is 0 Å². The van der Waals surface area contributed by atoms with Crippen LogP contribution in [0.5, 0.6) is 0 Å². The third-order valence-corrected chi connectivity index (χ3v) is 4.47. The van der Waals surface area contributed by atoms with E-state index in [2.05, 4.69) is 32.9 Å². The van der Waals surface area contributed by atoms with Gasteiger partial charge in [-0.2, -0.15) is 10.2 Å². The second-order valence-electron chi connectivity index (χ2n) is 6.27. The van der Waals surface area contributed by atoms with E-state index >= 15 is 0 Å².